The molecule has 0 atom stereocenters. The molecule has 2 amide bonds. The van der Waals surface area contributed by atoms with E-state index in [9.17, 15) is 9.59 Å². The predicted molar refractivity (Wildman–Crippen MR) is 128 cm³/mol. The van der Waals surface area contributed by atoms with Crippen molar-refractivity contribution in [3.63, 3.8) is 0 Å². The van der Waals surface area contributed by atoms with Gasteiger partial charge < -0.3 is 15.4 Å². The fourth-order valence-electron chi connectivity index (χ4n) is 3.24. The minimum atomic E-state index is -0.170. The minimum Gasteiger partial charge on any atom is -0.497 e. The molecule has 0 fully saturated rings. The van der Waals surface area contributed by atoms with Crippen LogP contribution in [0, 0.1) is 0 Å². The van der Waals surface area contributed by atoms with Crippen LogP contribution in [0.15, 0.2) is 72.8 Å². The average Bonchev–Trinajstić information content (AvgIpc) is 3.26. The lowest BCUT2D eigenvalue weighted by molar-refractivity contribution is -0.116. The molecule has 162 valence electrons. The van der Waals surface area contributed by atoms with Gasteiger partial charge in [-0.15, -0.1) is 11.3 Å². The van der Waals surface area contributed by atoms with Crippen molar-refractivity contribution in [1.82, 2.24) is 10.3 Å². The number of hydrogen-bond acceptors (Lipinski definition) is 5. The lowest BCUT2D eigenvalue weighted by Crippen LogP contribution is -2.25. The molecule has 7 heteroatoms. The Morgan fingerprint density at radius 1 is 1.00 bits per heavy atom. The second-order valence-electron chi connectivity index (χ2n) is 7.20. The molecule has 4 rings (SSSR count). The van der Waals surface area contributed by atoms with Crippen LogP contribution in [0.4, 0.5) is 5.69 Å². The van der Waals surface area contributed by atoms with E-state index in [2.05, 4.69) is 21.7 Å². The predicted octanol–water partition coefficient (Wildman–Crippen LogP) is 5.12. The zero-order valence-corrected chi connectivity index (χ0v) is 18.4. The van der Waals surface area contributed by atoms with E-state index in [1.807, 2.05) is 42.5 Å². The quantitative estimate of drug-likeness (QED) is 0.369. The molecular weight excluding hydrogens is 422 g/mol. The number of para-hydroxylation sites is 1. The monoisotopic (exact) mass is 445 g/mol. The molecule has 32 heavy (non-hydrogen) atoms. The summed E-state index contributed by atoms with van der Waals surface area (Å²) in [4.78, 5) is 29.2. The molecule has 0 unspecified atom stereocenters. The van der Waals surface area contributed by atoms with Gasteiger partial charge in [-0.05, 0) is 55.0 Å². The number of nitrogens with one attached hydrogen (secondary N) is 2. The van der Waals surface area contributed by atoms with Crippen LogP contribution in [0.5, 0.6) is 5.75 Å². The summed E-state index contributed by atoms with van der Waals surface area (Å²) in [7, 11) is 1.58. The molecule has 0 radical (unpaired) electrons. The highest BCUT2D eigenvalue weighted by Gasteiger charge is 2.09. The Morgan fingerprint density at radius 2 is 1.81 bits per heavy atom. The fraction of sp³-hybridized carbons (Fsp3) is 0.160. The summed E-state index contributed by atoms with van der Waals surface area (Å²) in [5, 5.41) is 6.68. The topological polar surface area (TPSA) is 80.3 Å². The van der Waals surface area contributed by atoms with Crippen molar-refractivity contribution in [3.05, 3.63) is 78.4 Å². The number of methoxy groups -OCH3 is 1. The van der Waals surface area contributed by atoms with Crippen molar-refractivity contribution in [2.75, 3.05) is 19.0 Å². The Labute approximate surface area is 190 Å². The summed E-state index contributed by atoms with van der Waals surface area (Å²) in [6.45, 7) is 0.421. The van der Waals surface area contributed by atoms with E-state index < -0.39 is 0 Å². The molecule has 4 aromatic rings. The first-order valence-electron chi connectivity index (χ1n) is 10.3. The zero-order chi connectivity index (χ0) is 22.3. The number of fused-ring (bicyclic) bond motifs is 1. The third-order valence-electron chi connectivity index (χ3n) is 4.91. The van der Waals surface area contributed by atoms with E-state index in [0.717, 1.165) is 26.5 Å². The largest absolute Gasteiger partial charge is 0.497 e. The number of rotatable bonds is 8. The van der Waals surface area contributed by atoms with Gasteiger partial charge in [-0.1, -0.05) is 24.3 Å². The van der Waals surface area contributed by atoms with Gasteiger partial charge in [0.25, 0.3) is 5.91 Å². The van der Waals surface area contributed by atoms with E-state index in [0.29, 0.717) is 30.7 Å². The molecule has 1 aromatic heterocycles. The summed E-state index contributed by atoms with van der Waals surface area (Å²) in [5.74, 6) is 0.437. The number of benzene rings is 3. The molecule has 0 saturated heterocycles. The number of nitrogens with zero attached hydrogens (tertiary/aromatic N) is 1. The van der Waals surface area contributed by atoms with Gasteiger partial charge in [0.1, 0.15) is 10.8 Å². The van der Waals surface area contributed by atoms with Crippen molar-refractivity contribution < 1.29 is 14.3 Å². The number of hydrogen-bond donors (Lipinski definition) is 2. The van der Waals surface area contributed by atoms with E-state index in [-0.39, 0.29) is 11.8 Å². The first kappa shape index (κ1) is 21.5. The highest BCUT2D eigenvalue weighted by Crippen LogP contribution is 2.31. The van der Waals surface area contributed by atoms with Gasteiger partial charge >= 0.3 is 0 Å². The van der Waals surface area contributed by atoms with Gasteiger partial charge in [0.15, 0.2) is 0 Å². The van der Waals surface area contributed by atoms with Gasteiger partial charge in [-0.2, -0.15) is 0 Å². The van der Waals surface area contributed by atoms with Gasteiger partial charge in [0.05, 0.1) is 17.3 Å². The van der Waals surface area contributed by atoms with Crippen LogP contribution >= 0.6 is 11.3 Å². The van der Waals surface area contributed by atoms with Crippen LogP contribution in [-0.4, -0.2) is 30.5 Å². The summed E-state index contributed by atoms with van der Waals surface area (Å²) in [6, 6.07) is 22.6. The maximum absolute atomic E-state index is 12.3. The van der Waals surface area contributed by atoms with Crippen LogP contribution in [0.1, 0.15) is 23.2 Å². The Balaban J connectivity index is 1.27. The number of thiazole rings is 1. The highest BCUT2D eigenvalue weighted by atomic mass is 32.1. The third kappa shape index (κ3) is 5.31. The Kier molecular flexibility index (Phi) is 6.77. The van der Waals surface area contributed by atoms with Gasteiger partial charge in [-0.25, -0.2) is 4.98 Å². The minimum absolute atomic E-state index is 0.0925. The Bertz CT molecular complexity index is 1200. The molecule has 0 aliphatic heterocycles. The number of carbonyl (C=O) groups is 2. The van der Waals surface area contributed by atoms with Crippen molar-refractivity contribution >= 4 is 39.1 Å². The maximum atomic E-state index is 12.3. The SMILES string of the molecule is COc1ccc(C(=O)NCCCC(=O)Nc2cccc(-c3nc4ccccc4s3)c2)cc1. The second kappa shape index (κ2) is 10.1. The van der Waals surface area contributed by atoms with Gasteiger partial charge in [-0.3, -0.25) is 9.59 Å². The van der Waals surface area contributed by atoms with Crippen LogP contribution in [0.2, 0.25) is 0 Å². The van der Waals surface area contributed by atoms with E-state index in [1.165, 1.54) is 0 Å². The molecule has 0 aliphatic rings. The molecule has 2 N–H and O–H groups in total. The summed E-state index contributed by atoms with van der Waals surface area (Å²) in [5.41, 5.74) is 3.23. The maximum Gasteiger partial charge on any atom is 0.251 e. The molecule has 0 saturated carbocycles. The van der Waals surface area contributed by atoms with Crippen LogP contribution < -0.4 is 15.4 Å². The van der Waals surface area contributed by atoms with Crippen LogP contribution in [-0.2, 0) is 4.79 Å². The van der Waals surface area contributed by atoms with Crippen molar-refractivity contribution in [2.24, 2.45) is 0 Å². The summed E-state index contributed by atoms with van der Waals surface area (Å²) < 4.78 is 6.22. The lowest BCUT2D eigenvalue weighted by atomic mass is 10.2. The Hall–Kier alpha value is -3.71. The summed E-state index contributed by atoms with van der Waals surface area (Å²) >= 11 is 1.63. The smallest absolute Gasteiger partial charge is 0.251 e. The van der Waals surface area contributed by atoms with Gasteiger partial charge in [0.2, 0.25) is 5.91 Å². The number of ether oxygens (including phenoxy) is 1. The van der Waals surface area contributed by atoms with E-state index >= 15 is 0 Å². The Morgan fingerprint density at radius 3 is 2.59 bits per heavy atom. The highest BCUT2D eigenvalue weighted by molar-refractivity contribution is 7.21. The number of carbonyl (C=O) groups excluding carboxylic acids is 2. The van der Waals surface area contributed by atoms with E-state index in [1.54, 1.807) is 42.7 Å². The first-order valence-corrected chi connectivity index (χ1v) is 11.1. The standard InChI is InChI=1S/C25H23N3O3S/c1-31-20-13-11-17(12-14-20)24(30)26-15-5-10-23(29)27-19-7-4-6-18(16-19)25-28-21-8-2-3-9-22(21)32-25/h2-4,6-9,11-14,16H,5,10,15H2,1H3,(H,26,30)(H,27,29). The van der Waals surface area contributed by atoms with Crippen molar-refractivity contribution in [1.29, 1.82) is 0 Å². The van der Waals surface area contributed by atoms with Crippen molar-refractivity contribution in [2.45, 2.75) is 12.8 Å². The summed E-state index contributed by atoms with van der Waals surface area (Å²) in [6.07, 6.45) is 0.861. The molecule has 0 spiro atoms. The van der Waals surface area contributed by atoms with Gasteiger partial charge in [0, 0.05) is 29.8 Å². The zero-order valence-electron chi connectivity index (χ0n) is 17.6. The molecule has 6 nitrogen and oxygen atoms in total. The molecule has 0 bridgehead atoms. The van der Waals surface area contributed by atoms with Crippen molar-refractivity contribution in [3.8, 4) is 16.3 Å². The number of aromatic nitrogens is 1. The van der Waals surface area contributed by atoms with Crippen LogP contribution in [0.25, 0.3) is 20.8 Å². The third-order valence-corrected chi connectivity index (χ3v) is 5.99. The molecule has 1 heterocycles. The second-order valence-corrected chi connectivity index (χ2v) is 8.23. The molecule has 3 aromatic carbocycles. The lowest BCUT2D eigenvalue weighted by Gasteiger charge is -2.08. The fourth-order valence-corrected chi connectivity index (χ4v) is 4.21. The molecule has 0 aliphatic carbocycles. The number of amides is 2. The average molecular weight is 446 g/mol. The normalized spacial score (nSPS) is 10.7. The van der Waals surface area contributed by atoms with Crippen LogP contribution in [0.3, 0.4) is 0 Å². The van der Waals surface area contributed by atoms with E-state index in [4.69, 9.17) is 4.74 Å². The first-order chi connectivity index (χ1) is 15.6. The number of anilines is 1. The molecular formula is C25H23N3O3S.